The van der Waals surface area contributed by atoms with Gasteiger partial charge in [0.2, 0.25) is 10.0 Å². The van der Waals surface area contributed by atoms with Crippen LogP contribution in [0.25, 0.3) is 0 Å². The Morgan fingerprint density at radius 2 is 1.78 bits per heavy atom. The molecule has 2 aromatic carbocycles. The van der Waals surface area contributed by atoms with E-state index in [4.69, 9.17) is 22.1 Å². The van der Waals surface area contributed by atoms with Crippen LogP contribution in [0.5, 0.6) is 5.75 Å². The highest BCUT2D eigenvalue weighted by Gasteiger charge is 2.29. The van der Waals surface area contributed by atoms with Crippen molar-refractivity contribution in [1.29, 1.82) is 0 Å². The third-order valence-corrected chi connectivity index (χ3v) is 7.63. The van der Waals surface area contributed by atoms with Crippen LogP contribution in [0.2, 0.25) is 5.02 Å². The molecule has 0 atom stereocenters. The van der Waals surface area contributed by atoms with Crippen LogP contribution < -0.4 is 15.8 Å². The first-order valence-corrected chi connectivity index (χ1v) is 12.1. The lowest BCUT2D eigenvalue weighted by molar-refractivity contribution is -0.118. The van der Waals surface area contributed by atoms with Crippen LogP contribution in [0.15, 0.2) is 47.4 Å². The first-order valence-electron chi connectivity index (χ1n) is 10.3. The zero-order valence-electron chi connectivity index (χ0n) is 17.7. The average Bonchev–Trinajstić information content (AvgIpc) is 2.78. The highest BCUT2D eigenvalue weighted by Crippen LogP contribution is 2.27. The highest BCUT2D eigenvalue weighted by atomic mass is 35.5. The molecule has 1 saturated carbocycles. The Kier molecular flexibility index (Phi) is 7.76. The van der Waals surface area contributed by atoms with Gasteiger partial charge >= 0.3 is 0 Å². The summed E-state index contributed by atoms with van der Waals surface area (Å²) in [5.74, 6) is -1.06. The first kappa shape index (κ1) is 24.0. The van der Waals surface area contributed by atoms with E-state index in [2.05, 4.69) is 5.32 Å². The van der Waals surface area contributed by atoms with Gasteiger partial charge in [0, 0.05) is 23.8 Å². The second kappa shape index (κ2) is 10.3. The third kappa shape index (κ3) is 5.79. The molecule has 0 spiro atoms. The number of nitrogens with zero attached hydrogens (tertiary/aromatic N) is 1. The number of hydrogen-bond acceptors (Lipinski definition) is 5. The molecule has 0 saturated heterocycles. The number of benzene rings is 2. The van der Waals surface area contributed by atoms with E-state index in [0.29, 0.717) is 10.7 Å². The molecule has 2 amide bonds. The van der Waals surface area contributed by atoms with Gasteiger partial charge in [0.1, 0.15) is 5.75 Å². The first-order chi connectivity index (χ1) is 15.2. The predicted molar refractivity (Wildman–Crippen MR) is 122 cm³/mol. The minimum absolute atomic E-state index is 0.0171. The Morgan fingerprint density at radius 3 is 2.41 bits per heavy atom. The Balaban J connectivity index is 1.61. The summed E-state index contributed by atoms with van der Waals surface area (Å²) in [6.45, 7) is -0.369. The summed E-state index contributed by atoms with van der Waals surface area (Å²) in [7, 11) is -1.98. The van der Waals surface area contributed by atoms with E-state index in [1.165, 1.54) is 46.8 Å². The largest absolute Gasteiger partial charge is 0.483 e. The molecule has 32 heavy (non-hydrogen) atoms. The predicted octanol–water partition coefficient (Wildman–Crippen LogP) is 3.41. The number of anilines is 1. The lowest BCUT2D eigenvalue weighted by atomic mass is 9.96. The van der Waals surface area contributed by atoms with Crippen molar-refractivity contribution in [2.75, 3.05) is 19.0 Å². The maximum atomic E-state index is 12.9. The number of hydrogen-bond donors (Lipinski definition) is 2. The van der Waals surface area contributed by atoms with Crippen molar-refractivity contribution >= 4 is 39.1 Å². The van der Waals surface area contributed by atoms with Gasteiger partial charge in [0.25, 0.3) is 11.8 Å². The number of ether oxygens (including phenoxy) is 1. The highest BCUT2D eigenvalue weighted by molar-refractivity contribution is 7.89. The number of nitrogens with one attached hydrogen (secondary N) is 1. The van der Waals surface area contributed by atoms with E-state index in [-0.39, 0.29) is 28.9 Å². The van der Waals surface area contributed by atoms with Gasteiger partial charge in [-0.1, -0.05) is 30.9 Å². The maximum absolute atomic E-state index is 12.9. The molecule has 1 aliphatic carbocycles. The van der Waals surface area contributed by atoms with E-state index in [9.17, 15) is 18.0 Å². The Morgan fingerprint density at radius 1 is 1.12 bits per heavy atom. The molecule has 0 aromatic heterocycles. The number of amides is 2. The minimum atomic E-state index is -3.61. The number of sulfonamides is 1. The number of carbonyl (C=O) groups is 2. The molecule has 0 heterocycles. The van der Waals surface area contributed by atoms with Crippen LogP contribution in [0.4, 0.5) is 5.69 Å². The average molecular weight is 480 g/mol. The van der Waals surface area contributed by atoms with Crippen LogP contribution in [-0.4, -0.2) is 44.2 Å². The van der Waals surface area contributed by atoms with Gasteiger partial charge in [0.15, 0.2) is 6.61 Å². The van der Waals surface area contributed by atoms with Crippen LogP contribution >= 0.6 is 11.6 Å². The van der Waals surface area contributed by atoms with Crippen LogP contribution in [0, 0.1) is 0 Å². The third-order valence-electron chi connectivity index (χ3n) is 5.47. The molecule has 0 bridgehead atoms. The van der Waals surface area contributed by atoms with Crippen molar-refractivity contribution in [2.24, 2.45) is 5.73 Å². The number of rotatable bonds is 8. The fourth-order valence-corrected chi connectivity index (χ4v) is 5.27. The number of carbonyl (C=O) groups excluding carboxylic acids is 2. The number of nitrogens with two attached hydrogens (primary N) is 1. The minimum Gasteiger partial charge on any atom is -0.483 e. The van der Waals surface area contributed by atoms with Crippen molar-refractivity contribution in [3.8, 4) is 5.75 Å². The fraction of sp³-hybridized carbons (Fsp3) is 0.364. The molecular weight excluding hydrogens is 454 g/mol. The Hall–Kier alpha value is -2.62. The van der Waals surface area contributed by atoms with Gasteiger partial charge in [-0.15, -0.1) is 0 Å². The second-order valence-electron chi connectivity index (χ2n) is 7.68. The van der Waals surface area contributed by atoms with Crippen molar-refractivity contribution in [1.82, 2.24) is 4.31 Å². The lowest BCUT2D eigenvalue weighted by Crippen LogP contribution is -2.38. The van der Waals surface area contributed by atoms with Crippen LogP contribution in [0.3, 0.4) is 0 Å². The molecule has 1 fully saturated rings. The van der Waals surface area contributed by atoms with Crippen LogP contribution in [0.1, 0.15) is 42.5 Å². The summed E-state index contributed by atoms with van der Waals surface area (Å²) in [5, 5.41) is 2.95. The van der Waals surface area contributed by atoms with E-state index in [1.54, 1.807) is 7.05 Å². The quantitative estimate of drug-likeness (QED) is 0.601. The summed E-state index contributed by atoms with van der Waals surface area (Å²) in [5.41, 5.74) is 5.79. The van der Waals surface area contributed by atoms with E-state index >= 15 is 0 Å². The second-order valence-corrected chi connectivity index (χ2v) is 10.1. The van der Waals surface area contributed by atoms with Crippen LogP contribution in [-0.2, 0) is 14.8 Å². The maximum Gasteiger partial charge on any atom is 0.262 e. The summed E-state index contributed by atoms with van der Waals surface area (Å²) in [6.07, 6.45) is 4.96. The topological polar surface area (TPSA) is 119 Å². The SMILES string of the molecule is CN(C1CCCCC1)S(=O)(=O)c1ccc(NC(=O)COc2ccc(Cl)cc2C(N)=O)cc1. The Bertz CT molecular complexity index is 1080. The molecule has 0 unspecified atom stereocenters. The molecule has 0 aliphatic heterocycles. The van der Waals surface area contributed by atoms with Crippen molar-refractivity contribution < 1.29 is 22.7 Å². The van der Waals surface area contributed by atoms with Gasteiger partial charge in [-0.3, -0.25) is 9.59 Å². The molecule has 10 heteroatoms. The zero-order valence-corrected chi connectivity index (χ0v) is 19.3. The summed E-state index contributed by atoms with van der Waals surface area (Å²) in [6, 6.07) is 10.3. The molecular formula is C22H26ClN3O5S. The summed E-state index contributed by atoms with van der Waals surface area (Å²) < 4.78 is 32.7. The van der Waals surface area contributed by atoms with Gasteiger partial charge in [-0.05, 0) is 55.3 Å². The molecule has 0 radical (unpaired) electrons. The zero-order chi connectivity index (χ0) is 23.3. The molecule has 2 aromatic rings. The van der Waals surface area contributed by atoms with Gasteiger partial charge in [-0.2, -0.15) is 4.31 Å². The van der Waals surface area contributed by atoms with Crippen molar-refractivity contribution in [3.05, 3.63) is 53.1 Å². The van der Waals surface area contributed by atoms with Gasteiger partial charge in [0.05, 0.1) is 10.5 Å². The monoisotopic (exact) mass is 479 g/mol. The van der Waals surface area contributed by atoms with Crippen molar-refractivity contribution in [2.45, 2.75) is 43.0 Å². The summed E-state index contributed by atoms with van der Waals surface area (Å²) in [4.78, 5) is 23.9. The van der Waals surface area contributed by atoms with E-state index in [1.807, 2.05) is 0 Å². The number of halogens is 1. The molecule has 1 aliphatic rings. The smallest absolute Gasteiger partial charge is 0.262 e. The number of primary amides is 1. The van der Waals surface area contributed by atoms with Crippen molar-refractivity contribution in [3.63, 3.8) is 0 Å². The van der Waals surface area contributed by atoms with Gasteiger partial charge in [-0.25, -0.2) is 8.42 Å². The Labute approximate surface area is 192 Å². The van der Waals surface area contributed by atoms with E-state index < -0.39 is 21.8 Å². The molecule has 8 nitrogen and oxygen atoms in total. The normalized spacial score (nSPS) is 14.8. The summed E-state index contributed by atoms with van der Waals surface area (Å²) >= 11 is 5.85. The standard InChI is InChI=1S/C22H26ClN3O5S/c1-26(17-5-3-2-4-6-17)32(29,30)18-10-8-16(9-11-18)25-21(27)14-31-20-12-7-15(23)13-19(20)22(24)28/h7-13,17H,2-6,14H2,1H3,(H2,24,28)(H,25,27). The van der Waals surface area contributed by atoms with Gasteiger partial charge < -0.3 is 15.8 Å². The fourth-order valence-electron chi connectivity index (χ4n) is 3.68. The molecule has 3 rings (SSSR count). The molecule has 172 valence electrons. The van der Waals surface area contributed by atoms with E-state index in [0.717, 1.165) is 32.1 Å². The lowest BCUT2D eigenvalue weighted by Gasteiger charge is -2.30. The molecule has 3 N–H and O–H groups in total.